The number of rotatable bonds is 9. The molecule has 54 heavy (non-hydrogen) atoms. The number of pyridine rings is 1. The lowest BCUT2D eigenvalue weighted by Gasteiger charge is -2.32. The number of amides is 3. The van der Waals surface area contributed by atoms with E-state index < -0.39 is 35.8 Å². The van der Waals surface area contributed by atoms with Crippen LogP contribution >= 0.6 is 0 Å². The van der Waals surface area contributed by atoms with Crippen LogP contribution in [0.4, 0.5) is 23.7 Å². The number of H-pyrrole nitrogens is 2. The molecule has 0 saturated heterocycles. The number of hydrogen-bond acceptors (Lipinski definition) is 10. The monoisotopic (exact) mass is 754 g/mol. The van der Waals surface area contributed by atoms with Gasteiger partial charge in [-0.3, -0.25) is 14.4 Å². The fourth-order valence-corrected chi connectivity index (χ4v) is 5.68. The second kappa shape index (κ2) is 17.7. The molecule has 1 fully saturated rings. The third-order valence-corrected chi connectivity index (χ3v) is 8.39. The summed E-state index contributed by atoms with van der Waals surface area (Å²) in [5.41, 5.74) is 9.40. The number of anilines is 1. The lowest BCUT2D eigenvalue weighted by atomic mass is 9.81. The third-order valence-electron chi connectivity index (χ3n) is 8.39. The summed E-state index contributed by atoms with van der Waals surface area (Å²) in [6, 6.07) is 16.6. The maximum atomic E-state index is 14.1. The van der Waals surface area contributed by atoms with Crippen molar-refractivity contribution in [1.29, 1.82) is 0 Å². The number of nitrogens with one attached hydrogen (secondary N) is 3. The van der Waals surface area contributed by atoms with Crippen molar-refractivity contribution in [2.75, 3.05) is 11.4 Å². The number of alkyl halides is 3. The lowest BCUT2D eigenvalue weighted by molar-refractivity contribution is -0.192. The molecule has 0 radical (unpaired) electrons. The van der Waals surface area contributed by atoms with Crippen LogP contribution in [-0.2, 0) is 25.5 Å². The summed E-state index contributed by atoms with van der Waals surface area (Å²) in [5, 5.41) is 24.0. The Morgan fingerprint density at radius 2 is 1.54 bits per heavy atom. The number of carboxylic acid groups (broad SMARTS) is 1. The van der Waals surface area contributed by atoms with Gasteiger partial charge in [-0.25, -0.2) is 14.5 Å². The van der Waals surface area contributed by atoms with Crippen molar-refractivity contribution >= 4 is 29.6 Å². The zero-order valence-corrected chi connectivity index (χ0v) is 29.7. The zero-order valence-electron chi connectivity index (χ0n) is 29.7. The first kappa shape index (κ1) is 40.9. The molecule has 2 aromatic heterocycles. The molecule has 4 aromatic rings. The molecule has 288 valence electrons. The molecule has 6 N–H and O–H groups in total. The van der Waals surface area contributed by atoms with E-state index in [-0.39, 0.29) is 29.7 Å². The Bertz CT molecular complexity index is 1920. The van der Waals surface area contributed by atoms with E-state index in [1.165, 1.54) is 11.0 Å². The van der Waals surface area contributed by atoms with E-state index >= 15 is 0 Å². The maximum Gasteiger partial charge on any atom is 0.490 e. The summed E-state index contributed by atoms with van der Waals surface area (Å²) in [4.78, 5) is 64.3. The van der Waals surface area contributed by atoms with Gasteiger partial charge >= 0.3 is 18.2 Å². The SMILES string of the molecule is CC(C)(C)OC(=O)NCC1CCC(C(=O)N(C(=O)[C@@H](N)Cc2ccc(-c3ccc(=O)[nH]c3)cc2)c2ccc(-c3nn[nH]n3)cc2)CC1.O=C(O)C(F)(F)F. The summed E-state index contributed by atoms with van der Waals surface area (Å²) in [5.74, 6) is -3.34. The number of nitrogens with two attached hydrogens (primary N) is 1. The topological polar surface area (TPSA) is 226 Å². The van der Waals surface area contributed by atoms with Crippen LogP contribution in [0.1, 0.15) is 52.0 Å². The highest BCUT2D eigenvalue weighted by molar-refractivity contribution is 6.17. The van der Waals surface area contributed by atoms with Crippen LogP contribution in [0.25, 0.3) is 22.5 Å². The lowest BCUT2D eigenvalue weighted by Crippen LogP contribution is -2.50. The maximum absolute atomic E-state index is 14.1. The summed E-state index contributed by atoms with van der Waals surface area (Å²) >= 11 is 0. The number of aromatic nitrogens is 5. The van der Waals surface area contributed by atoms with Gasteiger partial charge in [0.15, 0.2) is 0 Å². The average molecular weight is 755 g/mol. The molecule has 0 unspecified atom stereocenters. The quantitative estimate of drug-likeness (QED) is 0.159. The van der Waals surface area contributed by atoms with Gasteiger partial charge in [-0.15, -0.1) is 10.2 Å². The van der Waals surface area contributed by atoms with Gasteiger partial charge in [-0.2, -0.15) is 18.4 Å². The van der Waals surface area contributed by atoms with Crippen molar-refractivity contribution in [3.05, 3.63) is 82.8 Å². The molecule has 1 aliphatic carbocycles. The third kappa shape index (κ3) is 11.8. The van der Waals surface area contributed by atoms with Gasteiger partial charge in [0.2, 0.25) is 17.3 Å². The normalized spacial score (nSPS) is 16.3. The van der Waals surface area contributed by atoms with Crippen molar-refractivity contribution in [1.82, 2.24) is 30.9 Å². The number of ether oxygens (including phenoxy) is 1. The average Bonchev–Trinajstić information content (AvgIpc) is 3.67. The molecule has 1 saturated carbocycles. The van der Waals surface area contributed by atoms with Crippen molar-refractivity contribution in [2.24, 2.45) is 17.6 Å². The number of aromatic amines is 2. The van der Waals surface area contributed by atoms with Gasteiger partial charge in [0.05, 0.1) is 11.7 Å². The van der Waals surface area contributed by atoms with Crippen LogP contribution in [-0.4, -0.2) is 79.0 Å². The Hall–Kier alpha value is -5.91. The number of carbonyl (C=O) groups excluding carboxylic acids is 3. The number of halogens is 3. The second-order valence-electron chi connectivity index (χ2n) is 13.6. The van der Waals surface area contributed by atoms with Gasteiger partial charge in [0.1, 0.15) is 5.60 Å². The molecular formula is C36H41F3N8O7. The van der Waals surface area contributed by atoms with Crippen LogP contribution in [0.5, 0.6) is 0 Å². The van der Waals surface area contributed by atoms with E-state index in [4.69, 9.17) is 20.4 Å². The summed E-state index contributed by atoms with van der Waals surface area (Å²) < 4.78 is 37.1. The number of hydrogen-bond donors (Lipinski definition) is 5. The second-order valence-corrected chi connectivity index (χ2v) is 13.6. The number of imide groups is 1. The Morgan fingerprint density at radius 1 is 0.944 bits per heavy atom. The van der Waals surface area contributed by atoms with Crippen LogP contribution in [0.3, 0.4) is 0 Å². The minimum atomic E-state index is -5.08. The predicted molar refractivity (Wildman–Crippen MR) is 190 cm³/mol. The largest absolute Gasteiger partial charge is 0.490 e. The number of aliphatic carboxylic acids is 1. The molecule has 0 spiro atoms. The first-order valence-electron chi connectivity index (χ1n) is 16.9. The van der Waals surface area contributed by atoms with Gasteiger partial charge in [-0.05, 0) is 111 Å². The summed E-state index contributed by atoms with van der Waals surface area (Å²) in [6.07, 6.45) is -1.09. The molecule has 1 aliphatic rings. The molecule has 18 heteroatoms. The fourth-order valence-electron chi connectivity index (χ4n) is 5.68. The van der Waals surface area contributed by atoms with Crippen molar-refractivity contribution < 1.29 is 42.2 Å². The van der Waals surface area contributed by atoms with E-state index in [1.807, 2.05) is 45.0 Å². The summed E-state index contributed by atoms with van der Waals surface area (Å²) in [6.45, 7) is 5.90. The van der Waals surface area contributed by atoms with Gasteiger partial charge in [0, 0.05) is 30.3 Å². The number of carbonyl (C=O) groups is 4. The van der Waals surface area contributed by atoms with Crippen molar-refractivity contribution in [3.63, 3.8) is 0 Å². The minimum Gasteiger partial charge on any atom is -0.475 e. The predicted octanol–water partition coefficient (Wildman–Crippen LogP) is 4.62. The van der Waals surface area contributed by atoms with Crippen LogP contribution in [0.15, 0.2) is 71.7 Å². The molecule has 3 amide bonds. The Balaban J connectivity index is 0.000000845. The Labute approximate surface area is 307 Å². The Morgan fingerprint density at radius 3 is 2.06 bits per heavy atom. The standard InChI is InChI=1S/C34H40N8O5.C2HF3O2/c1-34(2,3)47-33(46)37-19-22-6-10-25(11-7-22)31(44)42(27-15-12-24(13-16-27)30-38-40-41-39-30)32(45)28(35)18-21-4-8-23(9-5-21)26-14-17-29(43)36-20-26;3-2(4,5)1(6)7/h4-5,8-9,12-17,20,22,25,28H,6-7,10-11,18-19,35H2,1-3H3,(H,36,43)(H,37,46)(H,38,39,40,41);(H,6,7)/t22?,25?,28-;/m0./s1. The van der Waals surface area contributed by atoms with Crippen LogP contribution < -0.4 is 21.5 Å². The molecule has 2 aromatic carbocycles. The number of nitrogens with zero attached hydrogens (tertiary/aromatic N) is 4. The molecule has 0 aliphatic heterocycles. The van der Waals surface area contributed by atoms with E-state index in [0.29, 0.717) is 36.5 Å². The summed E-state index contributed by atoms with van der Waals surface area (Å²) in [7, 11) is 0. The van der Waals surface area contributed by atoms with Crippen molar-refractivity contribution in [2.45, 2.75) is 70.7 Å². The molecule has 5 rings (SSSR count). The van der Waals surface area contributed by atoms with Gasteiger partial charge in [-0.1, -0.05) is 24.3 Å². The molecule has 1 atom stereocenters. The van der Waals surface area contributed by atoms with Crippen LogP contribution in [0.2, 0.25) is 0 Å². The number of carboxylic acids is 1. The van der Waals surface area contributed by atoms with E-state index in [2.05, 4.69) is 30.9 Å². The molecular weight excluding hydrogens is 713 g/mol. The van der Waals surface area contributed by atoms with E-state index in [9.17, 15) is 32.3 Å². The van der Waals surface area contributed by atoms with Crippen molar-refractivity contribution in [3.8, 4) is 22.5 Å². The van der Waals surface area contributed by atoms with Gasteiger partial charge in [0.25, 0.3) is 5.91 Å². The minimum absolute atomic E-state index is 0.179. The zero-order chi connectivity index (χ0) is 39.6. The van der Waals surface area contributed by atoms with E-state index in [1.54, 1.807) is 36.5 Å². The number of benzene rings is 2. The number of alkyl carbamates (subject to hydrolysis) is 1. The highest BCUT2D eigenvalue weighted by Crippen LogP contribution is 2.32. The van der Waals surface area contributed by atoms with E-state index in [0.717, 1.165) is 29.5 Å². The number of tetrazole rings is 1. The highest BCUT2D eigenvalue weighted by Gasteiger charge is 2.38. The smallest absolute Gasteiger partial charge is 0.475 e. The molecule has 2 heterocycles. The van der Waals surface area contributed by atoms with Gasteiger partial charge < -0.3 is 25.9 Å². The highest BCUT2D eigenvalue weighted by atomic mass is 19.4. The molecule has 0 bridgehead atoms. The molecule has 15 nitrogen and oxygen atoms in total. The first-order chi connectivity index (χ1) is 25.4. The first-order valence-corrected chi connectivity index (χ1v) is 16.9. The Kier molecular flexibility index (Phi) is 13.4. The fraction of sp³-hybridized carbons (Fsp3) is 0.389. The van der Waals surface area contributed by atoms with Crippen LogP contribution in [0, 0.1) is 11.8 Å².